The van der Waals surface area contributed by atoms with Gasteiger partial charge in [0.2, 0.25) is 0 Å². The second kappa shape index (κ2) is 8.20. The molecular weight excluding hydrogens is 426 g/mol. The Kier molecular flexibility index (Phi) is 4.88. The number of H-pyrrole nitrogens is 2. The van der Waals surface area contributed by atoms with E-state index in [4.69, 9.17) is 4.98 Å². The highest BCUT2D eigenvalue weighted by atomic mass is 15.1. The lowest BCUT2D eigenvalue weighted by Gasteiger charge is -2.05. The molecule has 6 rings (SSSR count). The number of aromatic nitrogens is 8. The molecule has 0 fully saturated rings. The number of pyridine rings is 2. The molecule has 0 radical (unpaired) electrons. The van der Waals surface area contributed by atoms with Crippen molar-refractivity contribution in [1.29, 1.82) is 0 Å². The van der Waals surface area contributed by atoms with E-state index in [1.54, 1.807) is 12.5 Å². The molecule has 9 nitrogen and oxygen atoms in total. The zero-order chi connectivity index (χ0) is 23.1. The molecule has 0 aliphatic rings. The number of imidazole rings is 2. The molecule has 9 heteroatoms. The van der Waals surface area contributed by atoms with Crippen molar-refractivity contribution in [3.8, 4) is 28.5 Å². The van der Waals surface area contributed by atoms with Gasteiger partial charge in [0.1, 0.15) is 11.2 Å². The first-order chi connectivity index (χ1) is 16.7. The van der Waals surface area contributed by atoms with Gasteiger partial charge in [-0.05, 0) is 43.3 Å². The molecule has 0 bridgehead atoms. The van der Waals surface area contributed by atoms with Crippen LogP contribution in [0.15, 0.2) is 61.4 Å². The van der Waals surface area contributed by atoms with Gasteiger partial charge in [0.05, 0.1) is 40.6 Å². The molecule has 6 aromatic rings. The van der Waals surface area contributed by atoms with Gasteiger partial charge in [-0.1, -0.05) is 13.0 Å². The third-order valence-corrected chi connectivity index (χ3v) is 5.82. The minimum absolute atomic E-state index is 0.696. The second-order valence-electron chi connectivity index (χ2n) is 8.23. The van der Waals surface area contributed by atoms with E-state index >= 15 is 0 Å². The summed E-state index contributed by atoms with van der Waals surface area (Å²) in [4.78, 5) is 21.7. The van der Waals surface area contributed by atoms with E-state index < -0.39 is 0 Å². The summed E-state index contributed by atoms with van der Waals surface area (Å²) in [5.74, 6) is 0.696. The Morgan fingerprint density at radius 1 is 1.06 bits per heavy atom. The number of rotatable bonds is 6. The number of aromatic amines is 2. The van der Waals surface area contributed by atoms with E-state index in [1.165, 1.54) is 0 Å². The Bertz CT molecular complexity index is 1620. The van der Waals surface area contributed by atoms with Gasteiger partial charge in [-0.3, -0.25) is 15.1 Å². The van der Waals surface area contributed by atoms with Gasteiger partial charge in [-0.25, -0.2) is 9.97 Å². The van der Waals surface area contributed by atoms with Gasteiger partial charge in [-0.2, -0.15) is 5.10 Å². The number of hydrogen-bond donors (Lipinski definition) is 3. The lowest BCUT2D eigenvalue weighted by atomic mass is 10.1. The first kappa shape index (κ1) is 20.3. The van der Waals surface area contributed by atoms with Gasteiger partial charge < -0.3 is 14.9 Å². The molecule has 0 unspecified atom stereocenters. The summed E-state index contributed by atoms with van der Waals surface area (Å²) < 4.78 is 1.99. The van der Waals surface area contributed by atoms with Crippen LogP contribution in [0.2, 0.25) is 0 Å². The summed E-state index contributed by atoms with van der Waals surface area (Å²) in [6, 6.07) is 10.2. The minimum atomic E-state index is 0.696. The van der Waals surface area contributed by atoms with Crippen molar-refractivity contribution in [1.82, 2.24) is 45.0 Å². The Morgan fingerprint density at radius 3 is 2.85 bits per heavy atom. The molecule has 0 spiro atoms. The standard InChI is InChI=1S/C25H23N9/c1-3-26-9-16-7-17(11-27-10-16)20-8-18-21(12-28-20)32-33-23(18)25-30-19-5-4-6-22(24(19)31-25)34-13-15(2)29-14-34/h4-8,10-14,26H,3,9H2,1-2H3,(H,30,31)(H,32,33). The number of nitrogens with one attached hydrogen (secondary N) is 3. The maximum atomic E-state index is 4.91. The Hall–Kier alpha value is -4.37. The fourth-order valence-electron chi connectivity index (χ4n) is 4.14. The molecule has 168 valence electrons. The van der Waals surface area contributed by atoms with Crippen LogP contribution in [0.1, 0.15) is 18.2 Å². The zero-order valence-corrected chi connectivity index (χ0v) is 18.9. The SMILES string of the molecule is CCNCc1cncc(-c2cc3c(-c4nc5c(-n6cnc(C)c6)cccc5[nH]4)n[nH]c3cn2)c1. The van der Waals surface area contributed by atoms with Crippen molar-refractivity contribution >= 4 is 21.9 Å². The molecular formula is C25H23N9. The average Bonchev–Trinajstić information content (AvgIpc) is 3.59. The monoisotopic (exact) mass is 449 g/mol. The molecule has 5 aromatic heterocycles. The topological polar surface area (TPSA) is 113 Å². The average molecular weight is 450 g/mol. The van der Waals surface area contributed by atoms with Crippen LogP contribution in [-0.2, 0) is 6.54 Å². The molecule has 0 atom stereocenters. The number of aryl methyl sites for hydroxylation is 1. The second-order valence-corrected chi connectivity index (χ2v) is 8.23. The molecule has 1 aromatic carbocycles. The van der Waals surface area contributed by atoms with Crippen molar-refractivity contribution in [3.63, 3.8) is 0 Å². The number of benzene rings is 1. The largest absolute Gasteiger partial charge is 0.336 e. The van der Waals surface area contributed by atoms with Gasteiger partial charge in [-0.15, -0.1) is 0 Å². The predicted molar refractivity (Wildman–Crippen MR) is 131 cm³/mol. The number of fused-ring (bicyclic) bond motifs is 2. The van der Waals surface area contributed by atoms with Crippen molar-refractivity contribution < 1.29 is 0 Å². The summed E-state index contributed by atoms with van der Waals surface area (Å²) in [6.07, 6.45) is 9.31. The first-order valence-electron chi connectivity index (χ1n) is 11.2. The van der Waals surface area contributed by atoms with E-state index in [9.17, 15) is 0 Å². The van der Waals surface area contributed by atoms with Crippen LogP contribution in [0.3, 0.4) is 0 Å². The zero-order valence-electron chi connectivity index (χ0n) is 18.9. The van der Waals surface area contributed by atoms with Crippen LogP contribution in [0.25, 0.3) is 50.4 Å². The van der Waals surface area contributed by atoms with Crippen molar-refractivity contribution in [2.45, 2.75) is 20.4 Å². The van der Waals surface area contributed by atoms with Crippen LogP contribution in [0.5, 0.6) is 0 Å². The van der Waals surface area contributed by atoms with Crippen LogP contribution in [-0.4, -0.2) is 46.2 Å². The molecule has 0 saturated heterocycles. The third kappa shape index (κ3) is 3.52. The van der Waals surface area contributed by atoms with E-state index in [0.29, 0.717) is 5.82 Å². The highest BCUT2D eigenvalue weighted by molar-refractivity contribution is 5.95. The van der Waals surface area contributed by atoms with Gasteiger partial charge >= 0.3 is 0 Å². The normalized spacial score (nSPS) is 11.6. The quantitative estimate of drug-likeness (QED) is 0.352. The number of para-hydroxylation sites is 1. The van der Waals surface area contributed by atoms with E-state index in [1.807, 2.05) is 54.3 Å². The van der Waals surface area contributed by atoms with Crippen molar-refractivity contribution in [3.05, 3.63) is 72.7 Å². The van der Waals surface area contributed by atoms with Gasteiger partial charge in [0, 0.05) is 36.1 Å². The lowest BCUT2D eigenvalue weighted by molar-refractivity contribution is 0.724. The highest BCUT2D eigenvalue weighted by Crippen LogP contribution is 2.30. The first-order valence-corrected chi connectivity index (χ1v) is 11.2. The summed E-state index contributed by atoms with van der Waals surface area (Å²) >= 11 is 0. The minimum Gasteiger partial charge on any atom is -0.336 e. The Balaban J connectivity index is 1.44. The maximum Gasteiger partial charge on any atom is 0.159 e. The smallest absolute Gasteiger partial charge is 0.159 e. The van der Waals surface area contributed by atoms with E-state index in [0.717, 1.165) is 68.9 Å². The molecule has 34 heavy (non-hydrogen) atoms. The summed E-state index contributed by atoms with van der Waals surface area (Å²) in [7, 11) is 0. The van der Waals surface area contributed by atoms with Gasteiger partial charge in [0.15, 0.2) is 5.82 Å². The summed E-state index contributed by atoms with van der Waals surface area (Å²) in [5.41, 5.74) is 8.24. The van der Waals surface area contributed by atoms with Crippen LogP contribution >= 0.6 is 0 Å². The van der Waals surface area contributed by atoms with Crippen LogP contribution in [0.4, 0.5) is 0 Å². The lowest BCUT2D eigenvalue weighted by Crippen LogP contribution is -2.11. The van der Waals surface area contributed by atoms with Crippen molar-refractivity contribution in [2.75, 3.05) is 6.54 Å². The van der Waals surface area contributed by atoms with Crippen molar-refractivity contribution in [2.24, 2.45) is 0 Å². The number of nitrogens with zero attached hydrogens (tertiary/aromatic N) is 6. The molecule has 0 aliphatic heterocycles. The maximum absolute atomic E-state index is 4.91. The molecule has 0 aliphatic carbocycles. The molecule has 0 saturated carbocycles. The molecule has 3 N–H and O–H groups in total. The highest BCUT2D eigenvalue weighted by Gasteiger charge is 2.16. The number of hydrogen-bond acceptors (Lipinski definition) is 6. The van der Waals surface area contributed by atoms with E-state index in [-0.39, 0.29) is 0 Å². The van der Waals surface area contributed by atoms with E-state index in [2.05, 4.69) is 48.4 Å². The third-order valence-electron chi connectivity index (χ3n) is 5.82. The molecule has 5 heterocycles. The predicted octanol–water partition coefficient (Wildman–Crippen LogP) is 4.17. The summed E-state index contributed by atoms with van der Waals surface area (Å²) in [6.45, 7) is 5.74. The van der Waals surface area contributed by atoms with Crippen LogP contribution in [0, 0.1) is 6.92 Å². The van der Waals surface area contributed by atoms with Crippen LogP contribution < -0.4 is 5.32 Å². The fraction of sp³-hybridized carbons (Fsp3) is 0.160. The van der Waals surface area contributed by atoms with Gasteiger partial charge in [0.25, 0.3) is 0 Å². The Labute approximate surface area is 195 Å². The molecule has 0 amide bonds. The Morgan fingerprint density at radius 2 is 2.00 bits per heavy atom. The fourth-order valence-corrected chi connectivity index (χ4v) is 4.14. The summed E-state index contributed by atoms with van der Waals surface area (Å²) in [5, 5.41) is 11.9.